The van der Waals surface area contributed by atoms with Gasteiger partial charge in [-0.1, -0.05) is 25.1 Å². The summed E-state index contributed by atoms with van der Waals surface area (Å²) >= 11 is 0. The maximum absolute atomic E-state index is 12.7. The second-order valence-corrected chi connectivity index (χ2v) is 8.20. The highest BCUT2D eigenvalue weighted by molar-refractivity contribution is 5.90. The number of rotatable bonds is 4. The first-order chi connectivity index (χ1) is 14.7. The SMILES string of the molecule is CCc1ccccc1NC(=O)N1CCN(c2ccc(N3CCCCC3C)nn2)CC1. The summed E-state index contributed by atoms with van der Waals surface area (Å²) in [5.74, 6) is 1.86. The van der Waals surface area contributed by atoms with Crippen molar-refractivity contribution in [3.05, 3.63) is 42.0 Å². The Bertz CT molecular complexity index is 847. The van der Waals surface area contributed by atoms with Gasteiger partial charge in [0.05, 0.1) is 0 Å². The molecule has 1 unspecified atom stereocenters. The van der Waals surface area contributed by atoms with Crippen molar-refractivity contribution >= 4 is 23.4 Å². The Morgan fingerprint density at radius 1 is 1.00 bits per heavy atom. The number of urea groups is 1. The lowest BCUT2D eigenvalue weighted by atomic mass is 10.0. The van der Waals surface area contributed by atoms with E-state index >= 15 is 0 Å². The summed E-state index contributed by atoms with van der Waals surface area (Å²) < 4.78 is 0. The summed E-state index contributed by atoms with van der Waals surface area (Å²) in [5, 5.41) is 12.1. The quantitative estimate of drug-likeness (QED) is 0.834. The molecular formula is C23H32N6O. The number of piperidine rings is 1. The fourth-order valence-corrected chi connectivity index (χ4v) is 4.36. The summed E-state index contributed by atoms with van der Waals surface area (Å²) in [7, 11) is 0. The molecule has 0 aliphatic carbocycles. The molecule has 1 atom stereocenters. The average Bonchev–Trinajstić information content (AvgIpc) is 2.80. The Labute approximate surface area is 179 Å². The van der Waals surface area contributed by atoms with Gasteiger partial charge in [-0.05, 0) is 56.4 Å². The van der Waals surface area contributed by atoms with Gasteiger partial charge in [0.2, 0.25) is 0 Å². The normalized spacial score (nSPS) is 19.7. The van der Waals surface area contributed by atoms with Gasteiger partial charge in [0.25, 0.3) is 0 Å². The van der Waals surface area contributed by atoms with Crippen molar-refractivity contribution in [1.82, 2.24) is 15.1 Å². The minimum Gasteiger partial charge on any atom is -0.352 e. The molecule has 1 aromatic carbocycles. The molecule has 2 fully saturated rings. The van der Waals surface area contributed by atoms with Gasteiger partial charge in [0, 0.05) is 44.5 Å². The number of carbonyl (C=O) groups excluding carboxylic acids is 1. The van der Waals surface area contributed by atoms with Crippen LogP contribution in [0.25, 0.3) is 0 Å². The first-order valence-corrected chi connectivity index (χ1v) is 11.1. The second-order valence-electron chi connectivity index (χ2n) is 8.20. The van der Waals surface area contributed by atoms with Gasteiger partial charge in [-0.15, -0.1) is 10.2 Å². The summed E-state index contributed by atoms with van der Waals surface area (Å²) in [4.78, 5) is 19.1. The van der Waals surface area contributed by atoms with Crippen LogP contribution in [0.4, 0.5) is 22.1 Å². The van der Waals surface area contributed by atoms with Gasteiger partial charge in [0.15, 0.2) is 11.6 Å². The Kier molecular flexibility index (Phi) is 6.35. The van der Waals surface area contributed by atoms with E-state index in [9.17, 15) is 4.79 Å². The Hall–Kier alpha value is -2.83. The maximum atomic E-state index is 12.7. The van der Waals surface area contributed by atoms with Crippen LogP contribution in [0.3, 0.4) is 0 Å². The lowest BCUT2D eigenvalue weighted by Gasteiger charge is -2.36. The van der Waals surface area contributed by atoms with Crippen LogP contribution in [0.5, 0.6) is 0 Å². The minimum absolute atomic E-state index is 0.0314. The van der Waals surface area contributed by atoms with E-state index in [0.29, 0.717) is 19.1 Å². The van der Waals surface area contributed by atoms with Crippen LogP contribution in [-0.2, 0) is 6.42 Å². The molecule has 7 nitrogen and oxygen atoms in total. The average molecular weight is 409 g/mol. The molecule has 0 spiro atoms. The summed E-state index contributed by atoms with van der Waals surface area (Å²) in [6.07, 6.45) is 4.64. The maximum Gasteiger partial charge on any atom is 0.321 e. The molecule has 2 amide bonds. The summed E-state index contributed by atoms with van der Waals surface area (Å²) in [6.45, 7) is 8.29. The van der Waals surface area contributed by atoms with E-state index in [4.69, 9.17) is 0 Å². The van der Waals surface area contributed by atoms with E-state index in [1.54, 1.807) is 0 Å². The number of para-hydroxylation sites is 1. The van der Waals surface area contributed by atoms with Crippen LogP contribution in [0.15, 0.2) is 36.4 Å². The lowest BCUT2D eigenvalue weighted by Crippen LogP contribution is -2.50. The first kappa shape index (κ1) is 20.4. The van der Waals surface area contributed by atoms with Crippen LogP contribution >= 0.6 is 0 Å². The summed E-state index contributed by atoms with van der Waals surface area (Å²) in [5.41, 5.74) is 2.06. The van der Waals surface area contributed by atoms with Gasteiger partial charge in [-0.3, -0.25) is 0 Å². The van der Waals surface area contributed by atoms with E-state index in [1.807, 2.05) is 23.1 Å². The number of hydrogen-bond donors (Lipinski definition) is 1. The highest BCUT2D eigenvalue weighted by Crippen LogP contribution is 2.24. The van der Waals surface area contributed by atoms with Crippen molar-refractivity contribution in [3.63, 3.8) is 0 Å². The van der Waals surface area contributed by atoms with Gasteiger partial charge in [-0.25, -0.2) is 4.79 Å². The van der Waals surface area contributed by atoms with Crippen LogP contribution < -0.4 is 15.1 Å². The zero-order valence-corrected chi connectivity index (χ0v) is 18.0. The molecule has 1 aromatic heterocycles. The smallest absolute Gasteiger partial charge is 0.321 e. The third-order valence-electron chi connectivity index (χ3n) is 6.26. The predicted octanol–water partition coefficient (Wildman–Crippen LogP) is 3.77. The molecule has 2 aliphatic heterocycles. The molecule has 0 bridgehead atoms. The van der Waals surface area contributed by atoms with Crippen molar-refractivity contribution in [1.29, 1.82) is 0 Å². The molecular weight excluding hydrogens is 376 g/mol. The zero-order valence-electron chi connectivity index (χ0n) is 18.0. The predicted molar refractivity (Wildman–Crippen MR) is 121 cm³/mol. The molecule has 1 N–H and O–H groups in total. The number of nitrogens with zero attached hydrogens (tertiary/aromatic N) is 5. The number of aromatic nitrogens is 2. The number of hydrogen-bond acceptors (Lipinski definition) is 5. The molecule has 2 saturated heterocycles. The van der Waals surface area contributed by atoms with E-state index in [-0.39, 0.29) is 6.03 Å². The Balaban J connectivity index is 1.32. The molecule has 7 heteroatoms. The molecule has 30 heavy (non-hydrogen) atoms. The molecule has 160 valence electrons. The summed E-state index contributed by atoms with van der Waals surface area (Å²) in [6, 6.07) is 12.6. The first-order valence-electron chi connectivity index (χ1n) is 11.1. The zero-order chi connectivity index (χ0) is 20.9. The van der Waals surface area contributed by atoms with Crippen molar-refractivity contribution in [2.45, 2.75) is 45.6 Å². The minimum atomic E-state index is -0.0314. The number of nitrogens with one attached hydrogen (secondary N) is 1. The van der Waals surface area contributed by atoms with Crippen LogP contribution in [-0.4, -0.2) is 59.9 Å². The molecule has 3 heterocycles. The van der Waals surface area contributed by atoms with Crippen LogP contribution in [0.1, 0.15) is 38.7 Å². The van der Waals surface area contributed by atoms with E-state index in [1.165, 1.54) is 19.3 Å². The molecule has 2 aromatic rings. The Morgan fingerprint density at radius 2 is 1.73 bits per heavy atom. The fraction of sp³-hybridized carbons (Fsp3) is 0.522. The van der Waals surface area contributed by atoms with Crippen LogP contribution in [0, 0.1) is 0 Å². The van der Waals surface area contributed by atoms with E-state index < -0.39 is 0 Å². The molecule has 2 aliphatic rings. The van der Waals surface area contributed by atoms with Gasteiger partial charge < -0.3 is 20.0 Å². The number of amides is 2. The number of anilines is 3. The largest absolute Gasteiger partial charge is 0.352 e. The van der Waals surface area contributed by atoms with Gasteiger partial charge in [0.1, 0.15) is 0 Å². The number of benzene rings is 1. The third-order valence-corrected chi connectivity index (χ3v) is 6.26. The highest BCUT2D eigenvalue weighted by Gasteiger charge is 2.24. The second kappa shape index (κ2) is 9.32. The number of aryl methyl sites for hydroxylation is 1. The van der Waals surface area contributed by atoms with E-state index in [2.05, 4.69) is 57.4 Å². The van der Waals surface area contributed by atoms with Crippen molar-refractivity contribution in [2.75, 3.05) is 47.8 Å². The molecule has 4 rings (SSSR count). The Morgan fingerprint density at radius 3 is 2.43 bits per heavy atom. The van der Waals surface area contributed by atoms with Crippen molar-refractivity contribution in [2.24, 2.45) is 0 Å². The van der Waals surface area contributed by atoms with Crippen molar-refractivity contribution in [3.8, 4) is 0 Å². The van der Waals surface area contributed by atoms with E-state index in [0.717, 1.165) is 48.9 Å². The monoisotopic (exact) mass is 408 g/mol. The molecule has 0 radical (unpaired) electrons. The van der Waals surface area contributed by atoms with Crippen LogP contribution in [0.2, 0.25) is 0 Å². The van der Waals surface area contributed by atoms with Crippen molar-refractivity contribution < 1.29 is 4.79 Å². The third kappa shape index (κ3) is 4.50. The fourth-order valence-electron chi connectivity index (χ4n) is 4.36. The number of piperazine rings is 1. The standard InChI is InChI=1S/C23H32N6O/c1-3-19-9-4-5-10-20(19)24-23(30)28-16-14-27(15-17-28)21-11-12-22(26-25-21)29-13-7-6-8-18(29)2/h4-5,9-12,18H,3,6-8,13-17H2,1-2H3,(H,24,30). The van der Waals surface area contributed by atoms with Gasteiger partial charge >= 0.3 is 6.03 Å². The molecule has 0 saturated carbocycles. The number of carbonyl (C=O) groups is 1. The lowest BCUT2D eigenvalue weighted by molar-refractivity contribution is 0.208. The topological polar surface area (TPSA) is 64.6 Å². The van der Waals surface area contributed by atoms with Gasteiger partial charge in [-0.2, -0.15) is 0 Å². The highest BCUT2D eigenvalue weighted by atomic mass is 16.2.